The van der Waals surface area contributed by atoms with Gasteiger partial charge in [0.25, 0.3) is 0 Å². The minimum absolute atomic E-state index is 0.238. The van der Waals surface area contributed by atoms with Crippen molar-refractivity contribution in [2.75, 3.05) is 23.3 Å². The van der Waals surface area contributed by atoms with E-state index in [-0.39, 0.29) is 5.82 Å². The quantitative estimate of drug-likeness (QED) is 0.700. The number of hydrogen-bond acceptors (Lipinski definition) is 4. The first-order valence-corrected chi connectivity index (χ1v) is 8.99. The second kappa shape index (κ2) is 6.61. The lowest BCUT2D eigenvalue weighted by Gasteiger charge is -2.17. The van der Waals surface area contributed by atoms with Crippen LogP contribution in [-0.2, 0) is 0 Å². The molecule has 1 aliphatic heterocycles. The number of benzene rings is 2. The normalized spacial score (nSPS) is 14.1. The fourth-order valence-electron chi connectivity index (χ4n) is 2.94. The summed E-state index contributed by atoms with van der Waals surface area (Å²) in [4.78, 5) is 7.05. The fourth-order valence-corrected chi connectivity index (χ4v) is 3.68. The Bertz CT molecular complexity index is 805. The van der Waals surface area contributed by atoms with Gasteiger partial charge >= 0.3 is 0 Å². The van der Waals surface area contributed by atoms with Gasteiger partial charge in [-0.05, 0) is 49.2 Å². The fraction of sp³-hybridized carbons (Fsp3) is 0.211. The third-order valence-electron chi connectivity index (χ3n) is 4.23. The van der Waals surface area contributed by atoms with Crippen molar-refractivity contribution in [2.24, 2.45) is 0 Å². The van der Waals surface area contributed by atoms with Gasteiger partial charge in [-0.15, -0.1) is 11.3 Å². The summed E-state index contributed by atoms with van der Waals surface area (Å²) < 4.78 is 13.0. The van der Waals surface area contributed by atoms with Crippen molar-refractivity contribution in [3.05, 3.63) is 59.7 Å². The predicted molar refractivity (Wildman–Crippen MR) is 98.7 cm³/mol. The van der Waals surface area contributed by atoms with E-state index in [9.17, 15) is 4.39 Å². The molecule has 4 rings (SSSR count). The van der Waals surface area contributed by atoms with Gasteiger partial charge < -0.3 is 10.2 Å². The Kier molecular flexibility index (Phi) is 4.17. The number of anilines is 3. The molecule has 5 heteroatoms. The van der Waals surface area contributed by atoms with E-state index in [1.54, 1.807) is 23.5 Å². The molecule has 1 N–H and O–H groups in total. The van der Waals surface area contributed by atoms with Crippen molar-refractivity contribution in [1.29, 1.82) is 0 Å². The Morgan fingerprint density at radius 1 is 0.958 bits per heavy atom. The highest BCUT2D eigenvalue weighted by Gasteiger charge is 2.12. The molecule has 3 nitrogen and oxygen atoms in total. The highest BCUT2D eigenvalue weighted by Crippen LogP contribution is 2.29. The summed E-state index contributed by atoms with van der Waals surface area (Å²) in [5, 5.41) is 6.05. The van der Waals surface area contributed by atoms with Crippen LogP contribution >= 0.6 is 11.3 Å². The first-order valence-electron chi connectivity index (χ1n) is 8.11. The molecule has 2 aromatic carbocycles. The Morgan fingerprint density at radius 2 is 1.67 bits per heavy atom. The molecule has 0 bridgehead atoms. The Balaban J connectivity index is 1.48. The average Bonchev–Trinajstić information content (AvgIpc) is 3.29. The summed E-state index contributed by atoms with van der Waals surface area (Å²) in [5.74, 6) is -0.238. The molecule has 0 atom stereocenters. The minimum Gasteiger partial charge on any atom is -0.372 e. The number of aromatic nitrogens is 1. The van der Waals surface area contributed by atoms with E-state index in [0.717, 1.165) is 35.2 Å². The molecule has 122 valence electrons. The smallest absolute Gasteiger partial charge is 0.187 e. The van der Waals surface area contributed by atoms with Crippen LogP contribution in [0, 0.1) is 5.82 Å². The van der Waals surface area contributed by atoms with Gasteiger partial charge in [0.1, 0.15) is 5.82 Å². The zero-order valence-electron chi connectivity index (χ0n) is 13.2. The molecule has 24 heavy (non-hydrogen) atoms. The van der Waals surface area contributed by atoms with Crippen molar-refractivity contribution in [1.82, 2.24) is 4.98 Å². The molecule has 3 aromatic rings. The maximum Gasteiger partial charge on any atom is 0.187 e. The van der Waals surface area contributed by atoms with E-state index in [1.807, 2.05) is 5.38 Å². The molecule has 0 saturated carbocycles. The molecule has 1 aliphatic rings. The number of nitrogens with zero attached hydrogens (tertiary/aromatic N) is 2. The number of nitrogens with one attached hydrogen (secondary N) is 1. The van der Waals surface area contributed by atoms with Crippen molar-refractivity contribution in [3.63, 3.8) is 0 Å². The number of thiazole rings is 1. The van der Waals surface area contributed by atoms with Gasteiger partial charge in [-0.1, -0.05) is 12.1 Å². The van der Waals surface area contributed by atoms with Crippen LogP contribution in [0.1, 0.15) is 12.8 Å². The lowest BCUT2D eigenvalue weighted by Crippen LogP contribution is -2.17. The number of rotatable bonds is 4. The van der Waals surface area contributed by atoms with Crippen LogP contribution in [0.3, 0.4) is 0 Å². The zero-order valence-corrected chi connectivity index (χ0v) is 14.0. The SMILES string of the molecule is Fc1ccc(Nc2nc(-c3ccc(N4CCCC4)cc3)cs2)cc1. The van der Waals surface area contributed by atoms with E-state index in [2.05, 4.69) is 39.5 Å². The van der Waals surface area contributed by atoms with E-state index in [1.165, 1.54) is 30.7 Å². The van der Waals surface area contributed by atoms with E-state index < -0.39 is 0 Å². The second-order valence-corrected chi connectivity index (χ2v) is 6.77. The summed E-state index contributed by atoms with van der Waals surface area (Å²) in [6, 6.07) is 14.9. The Morgan fingerprint density at radius 3 is 2.38 bits per heavy atom. The van der Waals surface area contributed by atoms with E-state index in [0.29, 0.717) is 0 Å². The van der Waals surface area contributed by atoms with Crippen LogP contribution in [0.2, 0.25) is 0 Å². The van der Waals surface area contributed by atoms with Crippen LogP contribution in [0.5, 0.6) is 0 Å². The molecule has 0 amide bonds. The summed E-state index contributed by atoms with van der Waals surface area (Å²) in [7, 11) is 0. The average molecular weight is 339 g/mol. The van der Waals surface area contributed by atoms with Crippen molar-refractivity contribution >= 4 is 27.8 Å². The standard InChI is InChI=1S/C19H18FN3S/c20-15-5-7-16(8-6-15)21-19-22-18(13-24-19)14-3-9-17(10-4-14)23-11-1-2-12-23/h3-10,13H,1-2,11-12H2,(H,21,22). The lowest BCUT2D eigenvalue weighted by molar-refractivity contribution is 0.628. The van der Waals surface area contributed by atoms with Gasteiger partial charge in [-0.25, -0.2) is 9.37 Å². The third-order valence-corrected chi connectivity index (χ3v) is 4.99. The highest BCUT2D eigenvalue weighted by atomic mass is 32.1. The topological polar surface area (TPSA) is 28.2 Å². The molecule has 1 aromatic heterocycles. The first-order chi connectivity index (χ1) is 11.8. The second-order valence-electron chi connectivity index (χ2n) is 5.91. The molecule has 0 radical (unpaired) electrons. The summed E-state index contributed by atoms with van der Waals surface area (Å²) in [5.41, 5.74) is 4.19. The van der Waals surface area contributed by atoms with Gasteiger partial charge in [-0.3, -0.25) is 0 Å². The Labute approximate surface area is 144 Å². The van der Waals surface area contributed by atoms with E-state index >= 15 is 0 Å². The van der Waals surface area contributed by atoms with Crippen LogP contribution in [-0.4, -0.2) is 18.1 Å². The van der Waals surface area contributed by atoms with Crippen molar-refractivity contribution in [2.45, 2.75) is 12.8 Å². The minimum atomic E-state index is -0.238. The van der Waals surface area contributed by atoms with Crippen LogP contribution in [0.4, 0.5) is 20.9 Å². The molecular weight excluding hydrogens is 321 g/mol. The van der Waals surface area contributed by atoms with Crippen LogP contribution < -0.4 is 10.2 Å². The van der Waals surface area contributed by atoms with Gasteiger partial charge in [0.2, 0.25) is 0 Å². The number of hydrogen-bond donors (Lipinski definition) is 1. The monoisotopic (exact) mass is 339 g/mol. The zero-order chi connectivity index (χ0) is 16.4. The Hall–Kier alpha value is -2.40. The maximum absolute atomic E-state index is 13.0. The lowest BCUT2D eigenvalue weighted by atomic mass is 10.1. The largest absolute Gasteiger partial charge is 0.372 e. The molecular formula is C19H18FN3S. The molecule has 0 unspecified atom stereocenters. The first kappa shape index (κ1) is 15.1. The molecule has 1 fully saturated rings. The summed E-state index contributed by atoms with van der Waals surface area (Å²) >= 11 is 1.55. The van der Waals surface area contributed by atoms with Crippen LogP contribution in [0.15, 0.2) is 53.9 Å². The van der Waals surface area contributed by atoms with Crippen LogP contribution in [0.25, 0.3) is 11.3 Å². The molecule has 2 heterocycles. The highest BCUT2D eigenvalue weighted by molar-refractivity contribution is 7.14. The molecule has 0 spiro atoms. The van der Waals surface area contributed by atoms with Crippen molar-refractivity contribution in [3.8, 4) is 11.3 Å². The van der Waals surface area contributed by atoms with Gasteiger partial charge in [0.15, 0.2) is 5.13 Å². The summed E-state index contributed by atoms with van der Waals surface area (Å²) in [6.07, 6.45) is 2.57. The summed E-state index contributed by atoms with van der Waals surface area (Å²) in [6.45, 7) is 2.31. The maximum atomic E-state index is 13.0. The van der Waals surface area contributed by atoms with Crippen molar-refractivity contribution < 1.29 is 4.39 Å². The predicted octanol–water partition coefficient (Wildman–Crippen LogP) is 5.29. The van der Waals surface area contributed by atoms with Gasteiger partial charge in [0.05, 0.1) is 5.69 Å². The van der Waals surface area contributed by atoms with E-state index in [4.69, 9.17) is 0 Å². The third kappa shape index (κ3) is 3.26. The molecule has 1 saturated heterocycles. The molecule has 0 aliphatic carbocycles. The number of halogens is 1. The van der Waals surface area contributed by atoms with Gasteiger partial charge in [-0.2, -0.15) is 0 Å². The van der Waals surface area contributed by atoms with Gasteiger partial charge in [0, 0.05) is 35.4 Å².